The molecule has 0 radical (unpaired) electrons. The maximum atomic E-state index is 12.8. The summed E-state index contributed by atoms with van der Waals surface area (Å²) in [7, 11) is 0. The van der Waals surface area contributed by atoms with Crippen LogP contribution in [0.3, 0.4) is 0 Å². The van der Waals surface area contributed by atoms with E-state index in [-0.39, 0.29) is 5.78 Å². The Morgan fingerprint density at radius 2 is 1.32 bits per heavy atom. The molecule has 0 aromatic heterocycles. The highest BCUT2D eigenvalue weighted by Crippen LogP contribution is 2.10. The molecule has 3 aromatic rings. The maximum absolute atomic E-state index is 12.8. The summed E-state index contributed by atoms with van der Waals surface area (Å²) in [4.78, 5) is 12.8. The van der Waals surface area contributed by atoms with Crippen LogP contribution < -0.4 is 0 Å². The molecule has 0 N–H and O–H groups in total. The quantitative estimate of drug-likeness (QED) is 0.362. The standard InChI is InChI=1S/C21H15ClN2O/c22-19-13-11-16(12-14-19)15-23-24-20(17-7-3-1-4-8-17)21(25)18-9-5-2-6-10-18/h1-15H/b23-15+,24-20-. The van der Waals surface area contributed by atoms with E-state index in [2.05, 4.69) is 10.2 Å². The largest absolute Gasteiger partial charge is 0.287 e. The van der Waals surface area contributed by atoms with E-state index in [1.165, 1.54) is 0 Å². The van der Waals surface area contributed by atoms with Crippen LogP contribution in [-0.2, 0) is 0 Å². The summed E-state index contributed by atoms with van der Waals surface area (Å²) >= 11 is 5.87. The molecule has 25 heavy (non-hydrogen) atoms. The summed E-state index contributed by atoms with van der Waals surface area (Å²) in [6.07, 6.45) is 1.59. The van der Waals surface area contributed by atoms with Crippen molar-refractivity contribution in [3.8, 4) is 0 Å². The molecule has 0 saturated heterocycles. The number of hydrogen-bond acceptors (Lipinski definition) is 3. The van der Waals surface area contributed by atoms with Gasteiger partial charge in [0.25, 0.3) is 0 Å². The van der Waals surface area contributed by atoms with Crippen molar-refractivity contribution in [2.45, 2.75) is 0 Å². The molecular weight excluding hydrogens is 332 g/mol. The number of rotatable bonds is 5. The molecule has 0 atom stereocenters. The van der Waals surface area contributed by atoms with Crippen molar-refractivity contribution < 1.29 is 4.79 Å². The number of carbonyl (C=O) groups excluding carboxylic acids is 1. The third-order valence-electron chi connectivity index (χ3n) is 3.53. The van der Waals surface area contributed by atoms with E-state index < -0.39 is 0 Å². The predicted molar refractivity (Wildman–Crippen MR) is 103 cm³/mol. The van der Waals surface area contributed by atoms with E-state index in [1.807, 2.05) is 60.7 Å². The van der Waals surface area contributed by atoms with Gasteiger partial charge in [-0.3, -0.25) is 4.79 Å². The maximum Gasteiger partial charge on any atom is 0.213 e. The van der Waals surface area contributed by atoms with Crippen molar-refractivity contribution in [1.29, 1.82) is 0 Å². The van der Waals surface area contributed by atoms with Gasteiger partial charge in [0.05, 0.1) is 6.21 Å². The molecule has 3 rings (SSSR count). The lowest BCUT2D eigenvalue weighted by Crippen LogP contribution is -2.15. The molecule has 0 aliphatic rings. The number of hydrogen-bond donors (Lipinski definition) is 0. The number of nitrogens with zero attached hydrogens (tertiary/aromatic N) is 2. The van der Waals surface area contributed by atoms with Gasteiger partial charge < -0.3 is 0 Å². The van der Waals surface area contributed by atoms with Crippen molar-refractivity contribution in [3.05, 3.63) is 107 Å². The average molecular weight is 347 g/mol. The van der Waals surface area contributed by atoms with Gasteiger partial charge in [-0.05, 0) is 17.7 Å². The molecule has 0 amide bonds. The zero-order chi connectivity index (χ0) is 17.5. The first-order valence-corrected chi connectivity index (χ1v) is 8.13. The number of carbonyl (C=O) groups is 1. The Kier molecular flexibility index (Phi) is 5.50. The van der Waals surface area contributed by atoms with E-state index in [0.717, 1.165) is 11.1 Å². The Labute approximate surface area is 151 Å². The summed E-state index contributed by atoms with van der Waals surface area (Å²) < 4.78 is 0. The first kappa shape index (κ1) is 16.8. The fourth-order valence-corrected chi connectivity index (χ4v) is 2.38. The van der Waals surface area contributed by atoms with Gasteiger partial charge in [-0.1, -0.05) is 84.4 Å². The molecule has 4 heteroatoms. The number of halogens is 1. The third kappa shape index (κ3) is 4.49. The second-order valence-electron chi connectivity index (χ2n) is 5.31. The van der Waals surface area contributed by atoms with Crippen LogP contribution in [0.2, 0.25) is 5.02 Å². The van der Waals surface area contributed by atoms with Crippen LogP contribution >= 0.6 is 11.6 Å². The van der Waals surface area contributed by atoms with E-state index in [9.17, 15) is 4.79 Å². The Morgan fingerprint density at radius 1 is 0.760 bits per heavy atom. The fourth-order valence-electron chi connectivity index (χ4n) is 2.26. The lowest BCUT2D eigenvalue weighted by molar-refractivity contribution is 0.106. The number of ketones is 1. The van der Waals surface area contributed by atoms with E-state index in [4.69, 9.17) is 11.6 Å². The van der Waals surface area contributed by atoms with Gasteiger partial charge in [0.2, 0.25) is 5.78 Å². The van der Waals surface area contributed by atoms with E-state index in [1.54, 1.807) is 30.5 Å². The molecule has 0 heterocycles. The lowest BCUT2D eigenvalue weighted by atomic mass is 10.0. The summed E-state index contributed by atoms with van der Waals surface area (Å²) in [5.74, 6) is -0.167. The first-order valence-electron chi connectivity index (χ1n) is 7.76. The Bertz CT molecular complexity index is 902. The Balaban J connectivity index is 1.94. The topological polar surface area (TPSA) is 41.8 Å². The fraction of sp³-hybridized carbons (Fsp3) is 0. The molecule has 0 aliphatic heterocycles. The monoisotopic (exact) mass is 346 g/mol. The second-order valence-corrected chi connectivity index (χ2v) is 5.74. The highest BCUT2D eigenvalue weighted by Gasteiger charge is 2.15. The molecule has 0 aliphatic carbocycles. The normalized spacial score (nSPS) is 11.6. The van der Waals surface area contributed by atoms with Crippen LogP contribution in [0.25, 0.3) is 0 Å². The van der Waals surface area contributed by atoms with Gasteiger partial charge in [0, 0.05) is 16.1 Å². The van der Waals surface area contributed by atoms with Gasteiger partial charge in [-0.25, -0.2) is 0 Å². The smallest absolute Gasteiger partial charge is 0.213 e. The summed E-state index contributed by atoms with van der Waals surface area (Å²) in [5.41, 5.74) is 2.46. The van der Waals surface area contributed by atoms with Crippen LogP contribution in [0.1, 0.15) is 21.5 Å². The molecule has 3 nitrogen and oxygen atoms in total. The highest BCUT2D eigenvalue weighted by molar-refractivity contribution is 6.51. The second kappa shape index (κ2) is 8.18. The molecule has 0 unspecified atom stereocenters. The van der Waals surface area contributed by atoms with Crippen molar-refractivity contribution in [2.75, 3.05) is 0 Å². The van der Waals surface area contributed by atoms with Crippen molar-refractivity contribution in [3.63, 3.8) is 0 Å². The minimum Gasteiger partial charge on any atom is -0.287 e. The Morgan fingerprint density at radius 3 is 1.92 bits per heavy atom. The van der Waals surface area contributed by atoms with Crippen molar-refractivity contribution in [2.24, 2.45) is 10.2 Å². The Hall–Kier alpha value is -3.04. The summed E-state index contributed by atoms with van der Waals surface area (Å²) in [6.45, 7) is 0. The van der Waals surface area contributed by atoms with Gasteiger partial charge in [-0.2, -0.15) is 5.10 Å². The molecule has 0 spiro atoms. The minimum atomic E-state index is -0.167. The lowest BCUT2D eigenvalue weighted by Gasteiger charge is -2.04. The third-order valence-corrected chi connectivity index (χ3v) is 3.78. The number of benzene rings is 3. The molecule has 3 aromatic carbocycles. The van der Waals surface area contributed by atoms with Gasteiger partial charge >= 0.3 is 0 Å². The molecule has 122 valence electrons. The van der Waals surface area contributed by atoms with Crippen LogP contribution in [0.5, 0.6) is 0 Å². The minimum absolute atomic E-state index is 0.167. The molecule has 0 bridgehead atoms. The SMILES string of the molecule is O=C(/C(=N\N=C\c1ccc(Cl)cc1)c1ccccc1)c1ccccc1. The van der Waals surface area contributed by atoms with Crippen molar-refractivity contribution >= 4 is 29.3 Å². The molecular formula is C21H15ClN2O. The van der Waals surface area contributed by atoms with Gasteiger partial charge in [0.1, 0.15) is 5.71 Å². The van der Waals surface area contributed by atoms with Crippen LogP contribution in [0, 0.1) is 0 Å². The van der Waals surface area contributed by atoms with E-state index >= 15 is 0 Å². The van der Waals surface area contributed by atoms with Gasteiger partial charge in [0.15, 0.2) is 0 Å². The average Bonchev–Trinajstić information content (AvgIpc) is 2.67. The van der Waals surface area contributed by atoms with Gasteiger partial charge in [-0.15, -0.1) is 5.10 Å². The molecule has 0 fully saturated rings. The highest BCUT2D eigenvalue weighted by atomic mass is 35.5. The van der Waals surface area contributed by atoms with Crippen molar-refractivity contribution in [1.82, 2.24) is 0 Å². The first-order chi connectivity index (χ1) is 12.2. The van der Waals surface area contributed by atoms with E-state index in [0.29, 0.717) is 16.3 Å². The van der Waals surface area contributed by atoms with Crippen LogP contribution in [0.4, 0.5) is 0 Å². The molecule has 0 saturated carbocycles. The van der Waals surface area contributed by atoms with Crippen LogP contribution in [0.15, 0.2) is 95.1 Å². The zero-order valence-corrected chi connectivity index (χ0v) is 14.1. The zero-order valence-electron chi connectivity index (χ0n) is 13.3. The summed E-state index contributed by atoms with van der Waals surface area (Å²) in [6, 6.07) is 25.6. The predicted octanol–water partition coefficient (Wildman–Crippen LogP) is 5.05. The van der Waals surface area contributed by atoms with Crippen LogP contribution in [-0.4, -0.2) is 17.7 Å². The number of Topliss-reactive ketones (excluding diaryl/α,β-unsaturated/α-hetero) is 1. The summed E-state index contributed by atoms with van der Waals surface area (Å²) in [5, 5.41) is 8.94.